The van der Waals surface area contributed by atoms with Gasteiger partial charge in [-0.3, -0.25) is 0 Å². The standard InChI is InChI=1S/C8H7NO5/c10-7(11)5-6(14-8(12)9-5)4-2-1-3-13-4/h1-3,5-6H,(H,9,12)(H,10,11)/t5-,6+/m0/s1. The summed E-state index contributed by atoms with van der Waals surface area (Å²) in [6.07, 6.45) is -0.255. The SMILES string of the molecule is O=C1N[C@H](C(=O)O)[C@@H](c2ccco2)O1. The Bertz CT molecular complexity index is 358. The summed E-state index contributed by atoms with van der Waals surface area (Å²) in [6, 6.07) is 2.06. The molecule has 1 fully saturated rings. The highest BCUT2D eigenvalue weighted by Crippen LogP contribution is 2.26. The zero-order chi connectivity index (χ0) is 10.1. The number of ether oxygens (including phenoxy) is 1. The largest absolute Gasteiger partial charge is 0.480 e. The van der Waals surface area contributed by atoms with Crippen molar-refractivity contribution in [1.29, 1.82) is 0 Å². The lowest BCUT2D eigenvalue weighted by Crippen LogP contribution is -2.35. The zero-order valence-corrected chi connectivity index (χ0v) is 6.97. The molecular weight excluding hydrogens is 190 g/mol. The van der Waals surface area contributed by atoms with Crippen LogP contribution in [0.5, 0.6) is 0 Å². The zero-order valence-electron chi connectivity index (χ0n) is 6.97. The van der Waals surface area contributed by atoms with E-state index >= 15 is 0 Å². The first-order valence-electron chi connectivity index (χ1n) is 3.92. The Hall–Kier alpha value is -1.98. The van der Waals surface area contributed by atoms with Crippen LogP contribution >= 0.6 is 0 Å². The van der Waals surface area contributed by atoms with Gasteiger partial charge in [0.05, 0.1) is 6.26 Å². The number of alkyl carbamates (subject to hydrolysis) is 1. The average molecular weight is 197 g/mol. The summed E-state index contributed by atoms with van der Waals surface area (Å²) in [5.74, 6) is -0.840. The van der Waals surface area contributed by atoms with Crippen LogP contribution in [0.1, 0.15) is 11.9 Å². The van der Waals surface area contributed by atoms with Crippen molar-refractivity contribution in [2.45, 2.75) is 12.1 Å². The lowest BCUT2D eigenvalue weighted by molar-refractivity contribution is -0.140. The highest BCUT2D eigenvalue weighted by Gasteiger charge is 2.41. The van der Waals surface area contributed by atoms with Crippen molar-refractivity contribution in [2.24, 2.45) is 0 Å². The maximum Gasteiger partial charge on any atom is 0.408 e. The highest BCUT2D eigenvalue weighted by atomic mass is 16.6. The molecule has 0 radical (unpaired) electrons. The molecule has 0 aliphatic carbocycles. The summed E-state index contributed by atoms with van der Waals surface area (Å²) in [7, 11) is 0. The van der Waals surface area contributed by atoms with Crippen LogP contribution in [-0.2, 0) is 9.53 Å². The van der Waals surface area contributed by atoms with Gasteiger partial charge in [-0.25, -0.2) is 9.59 Å². The molecule has 1 amide bonds. The van der Waals surface area contributed by atoms with Crippen molar-refractivity contribution < 1.29 is 23.8 Å². The smallest absolute Gasteiger partial charge is 0.408 e. The second-order valence-electron chi connectivity index (χ2n) is 2.80. The van der Waals surface area contributed by atoms with E-state index < -0.39 is 24.2 Å². The van der Waals surface area contributed by atoms with E-state index in [1.54, 1.807) is 12.1 Å². The fourth-order valence-electron chi connectivity index (χ4n) is 1.29. The summed E-state index contributed by atoms with van der Waals surface area (Å²) in [4.78, 5) is 21.5. The van der Waals surface area contributed by atoms with Crippen LogP contribution in [0.3, 0.4) is 0 Å². The summed E-state index contributed by atoms with van der Waals surface area (Å²) >= 11 is 0. The highest BCUT2D eigenvalue weighted by molar-refractivity contribution is 5.83. The third kappa shape index (κ3) is 1.30. The molecule has 74 valence electrons. The van der Waals surface area contributed by atoms with Crippen molar-refractivity contribution >= 4 is 12.1 Å². The van der Waals surface area contributed by atoms with Crippen molar-refractivity contribution in [3.05, 3.63) is 24.2 Å². The minimum atomic E-state index is -1.16. The van der Waals surface area contributed by atoms with E-state index in [9.17, 15) is 9.59 Å². The van der Waals surface area contributed by atoms with E-state index in [1.807, 2.05) is 0 Å². The molecule has 2 N–H and O–H groups in total. The lowest BCUT2D eigenvalue weighted by Gasteiger charge is -2.09. The monoisotopic (exact) mass is 197 g/mol. The van der Waals surface area contributed by atoms with Gasteiger partial charge in [0, 0.05) is 0 Å². The number of rotatable bonds is 2. The molecule has 6 nitrogen and oxygen atoms in total. The molecule has 1 aliphatic heterocycles. The first kappa shape index (κ1) is 8.61. The first-order valence-corrected chi connectivity index (χ1v) is 3.92. The van der Waals surface area contributed by atoms with Gasteiger partial charge in [-0.2, -0.15) is 0 Å². The van der Waals surface area contributed by atoms with Crippen LogP contribution in [0.4, 0.5) is 4.79 Å². The number of hydrogen-bond donors (Lipinski definition) is 2. The molecule has 0 aromatic carbocycles. The van der Waals surface area contributed by atoms with Gasteiger partial charge in [-0.1, -0.05) is 0 Å². The van der Waals surface area contributed by atoms with E-state index in [4.69, 9.17) is 14.3 Å². The molecule has 0 unspecified atom stereocenters. The molecule has 1 aromatic rings. The number of nitrogens with one attached hydrogen (secondary N) is 1. The molecule has 2 heterocycles. The molecule has 1 aromatic heterocycles. The van der Waals surface area contributed by atoms with E-state index in [0.29, 0.717) is 5.76 Å². The number of carboxylic acid groups (broad SMARTS) is 1. The fraction of sp³-hybridized carbons (Fsp3) is 0.250. The van der Waals surface area contributed by atoms with Crippen molar-refractivity contribution in [2.75, 3.05) is 0 Å². The molecule has 1 saturated heterocycles. The maximum absolute atomic E-state index is 10.8. The van der Waals surface area contributed by atoms with Crippen molar-refractivity contribution in [1.82, 2.24) is 5.32 Å². The lowest BCUT2D eigenvalue weighted by atomic mass is 10.1. The number of furan rings is 1. The number of amides is 1. The molecule has 14 heavy (non-hydrogen) atoms. The Balaban J connectivity index is 2.26. The first-order chi connectivity index (χ1) is 6.68. The number of carboxylic acids is 1. The van der Waals surface area contributed by atoms with E-state index in [0.717, 1.165) is 0 Å². The van der Waals surface area contributed by atoms with Crippen LogP contribution in [-0.4, -0.2) is 23.2 Å². The van der Waals surface area contributed by atoms with Gasteiger partial charge in [-0.05, 0) is 12.1 Å². The van der Waals surface area contributed by atoms with Crippen molar-refractivity contribution in [3.8, 4) is 0 Å². The summed E-state index contributed by atoms with van der Waals surface area (Å²) in [6.45, 7) is 0. The number of carbonyl (C=O) groups is 2. The maximum atomic E-state index is 10.8. The predicted molar refractivity (Wildman–Crippen MR) is 42.5 cm³/mol. The van der Waals surface area contributed by atoms with Crippen molar-refractivity contribution in [3.63, 3.8) is 0 Å². The minimum absolute atomic E-state index is 0.316. The topological polar surface area (TPSA) is 88.8 Å². The van der Waals surface area contributed by atoms with Gasteiger partial charge in [0.2, 0.25) is 0 Å². The third-order valence-electron chi connectivity index (χ3n) is 1.90. The van der Waals surface area contributed by atoms with E-state index in [2.05, 4.69) is 5.32 Å². The Labute approximate surface area is 78.5 Å². The molecule has 0 saturated carbocycles. The fourth-order valence-corrected chi connectivity index (χ4v) is 1.29. The molecule has 1 aliphatic rings. The van der Waals surface area contributed by atoms with Gasteiger partial charge in [0.15, 0.2) is 12.1 Å². The van der Waals surface area contributed by atoms with Crippen LogP contribution in [0, 0.1) is 0 Å². The Morgan fingerprint density at radius 1 is 1.57 bits per heavy atom. The second kappa shape index (κ2) is 3.06. The molecule has 2 atom stereocenters. The van der Waals surface area contributed by atoms with Gasteiger partial charge >= 0.3 is 12.1 Å². The number of hydrogen-bond acceptors (Lipinski definition) is 4. The van der Waals surface area contributed by atoms with Crippen LogP contribution in [0.25, 0.3) is 0 Å². The van der Waals surface area contributed by atoms with Gasteiger partial charge < -0.3 is 19.6 Å². The molecule has 0 bridgehead atoms. The number of aliphatic carboxylic acids is 1. The van der Waals surface area contributed by atoms with E-state index in [-0.39, 0.29) is 0 Å². The quantitative estimate of drug-likeness (QED) is 0.721. The van der Waals surface area contributed by atoms with Gasteiger partial charge in [-0.15, -0.1) is 0 Å². The van der Waals surface area contributed by atoms with E-state index in [1.165, 1.54) is 6.26 Å². The Morgan fingerprint density at radius 3 is 2.93 bits per heavy atom. The predicted octanol–water partition coefficient (Wildman–Crippen LogP) is 0.514. The Morgan fingerprint density at radius 2 is 2.36 bits per heavy atom. The number of carbonyl (C=O) groups excluding carboxylic acids is 1. The molecule has 6 heteroatoms. The molecule has 0 spiro atoms. The third-order valence-corrected chi connectivity index (χ3v) is 1.90. The molecular formula is C8H7NO5. The number of cyclic esters (lactones) is 1. The van der Waals surface area contributed by atoms with Crippen LogP contribution < -0.4 is 5.32 Å². The van der Waals surface area contributed by atoms with Gasteiger partial charge in [0.1, 0.15) is 5.76 Å². The summed E-state index contributed by atoms with van der Waals surface area (Å²) in [5.41, 5.74) is 0. The minimum Gasteiger partial charge on any atom is -0.480 e. The van der Waals surface area contributed by atoms with Gasteiger partial charge in [0.25, 0.3) is 0 Å². The van der Waals surface area contributed by atoms with Crippen LogP contribution in [0.2, 0.25) is 0 Å². The summed E-state index contributed by atoms with van der Waals surface area (Å²) < 4.78 is 9.72. The van der Waals surface area contributed by atoms with Crippen LogP contribution in [0.15, 0.2) is 22.8 Å². The summed E-state index contributed by atoms with van der Waals surface area (Å²) in [5, 5.41) is 10.9. The normalized spacial score (nSPS) is 25.6. The average Bonchev–Trinajstić information content (AvgIpc) is 2.70. The Kier molecular flexibility index (Phi) is 1.88. The second-order valence-corrected chi connectivity index (χ2v) is 2.80. The molecule has 2 rings (SSSR count).